The van der Waals surface area contributed by atoms with E-state index in [1.165, 1.54) is 0 Å². The molecule has 2 heterocycles. The second kappa shape index (κ2) is 5.62. The van der Waals surface area contributed by atoms with Crippen molar-refractivity contribution in [1.82, 2.24) is 9.80 Å². The molecule has 0 aromatic rings. The smallest absolute Gasteiger partial charge is 0.320 e. The third kappa shape index (κ3) is 2.63. The summed E-state index contributed by atoms with van der Waals surface area (Å²) < 4.78 is 0. The number of urea groups is 1. The number of carbonyl (C=O) groups excluding carboxylic acids is 1. The van der Waals surface area contributed by atoms with Gasteiger partial charge in [-0.3, -0.25) is 4.79 Å². The molecule has 0 saturated carbocycles. The summed E-state index contributed by atoms with van der Waals surface area (Å²) in [5, 5.41) is 9.40. The lowest BCUT2D eigenvalue weighted by Gasteiger charge is -2.37. The third-order valence-electron chi connectivity index (χ3n) is 5.36. The summed E-state index contributed by atoms with van der Waals surface area (Å²) >= 11 is 0. The number of amides is 2. The molecule has 0 spiro atoms. The summed E-state index contributed by atoms with van der Waals surface area (Å²) in [6, 6.07) is 0.0281. The maximum atomic E-state index is 12.5. The minimum absolute atomic E-state index is 0.0281. The van der Waals surface area contributed by atoms with E-state index in [-0.39, 0.29) is 6.03 Å². The number of likely N-dealkylation sites (tertiary alicyclic amines) is 2. The Kier molecular flexibility index (Phi) is 4.25. The summed E-state index contributed by atoms with van der Waals surface area (Å²) in [6.45, 7) is 8.83. The van der Waals surface area contributed by atoms with E-state index in [0.29, 0.717) is 37.8 Å². The third-order valence-corrected chi connectivity index (χ3v) is 5.36. The predicted molar refractivity (Wildman–Crippen MR) is 76.5 cm³/mol. The van der Waals surface area contributed by atoms with Gasteiger partial charge >= 0.3 is 12.0 Å². The van der Waals surface area contributed by atoms with Crippen LogP contribution in [0.5, 0.6) is 0 Å². The molecule has 2 amide bonds. The van der Waals surface area contributed by atoms with Gasteiger partial charge in [-0.25, -0.2) is 4.79 Å². The highest BCUT2D eigenvalue weighted by Gasteiger charge is 2.45. The van der Waals surface area contributed by atoms with Crippen molar-refractivity contribution in [2.24, 2.45) is 17.3 Å². The number of carbonyl (C=O) groups is 2. The fourth-order valence-electron chi connectivity index (χ4n) is 3.29. The Hall–Kier alpha value is -1.26. The Bertz CT molecular complexity index is 399. The fraction of sp³-hybridized carbons (Fsp3) is 0.867. The van der Waals surface area contributed by atoms with Gasteiger partial charge in [-0.1, -0.05) is 20.8 Å². The minimum atomic E-state index is -0.768. The van der Waals surface area contributed by atoms with Crippen LogP contribution in [-0.4, -0.2) is 53.1 Å². The Balaban J connectivity index is 1.99. The molecule has 5 heteroatoms. The van der Waals surface area contributed by atoms with E-state index in [4.69, 9.17) is 0 Å². The number of carboxylic acids is 1. The number of piperidine rings is 1. The maximum absolute atomic E-state index is 12.5. The lowest BCUT2D eigenvalue weighted by molar-refractivity contribution is -0.148. The van der Waals surface area contributed by atoms with Crippen molar-refractivity contribution in [1.29, 1.82) is 0 Å². The zero-order valence-corrected chi connectivity index (χ0v) is 12.8. The van der Waals surface area contributed by atoms with Crippen molar-refractivity contribution in [3.8, 4) is 0 Å². The van der Waals surface area contributed by atoms with Gasteiger partial charge in [0, 0.05) is 26.2 Å². The highest BCUT2D eigenvalue weighted by atomic mass is 16.4. The molecule has 2 rings (SSSR count). The van der Waals surface area contributed by atoms with E-state index >= 15 is 0 Å². The Morgan fingerprint density at radius 2 is 1.90 bits per heavy atom. The molecule has 5 nitrogen and oxygen atoms in total. The van der Waals surface area contributed by atoms with Gasteiger partial charge in [-0.05, 0) is 31.1 Å². The first-order valence-electron chi connectivity index (χ1n) is 7.67. The summed E-state index contributed by atoms with van der Waals surface area (Å²) in [5.41, 5.74) is -0.732. The van der Waals surface area contributed by atoms with Crippen molar-refractivity contribution < 1.29 is 14.7 Å². The molecular formula is C15H26N2O3. The van der Waals surface area contributed by atoms with Gasteiger partial charge in [0.1, 0.15) is 0 Å². The van der Waals surface area contributed by atoms with Crippen LogP contribution in [0.3, 0.4) is 0 Å². The molecule has 3 atom stereocenters. The minimum Gasteiger partial charge on any atom is -0.481 e. The second-order valence-corrected chi connectivity index (χ2v) is 6.58. The molecule has 0 radical (unpaired) electrons. The molecule has 0 aromatic carbocycles. The molecule has 3 unspecified atom stereocenters. The highest BCUT2D eigenvalue weighted by molar-refractivity contribution is 5.79. The van der Waals surface area contributed by atoms with Gasteiger partial charge in [0.2, 0.25) is 0 Å². The Labute approximate surface area is 120 Å². The van der Waals surface area contributed by atoms with Crippen LogP contribution < -0.4 is 0 Å². The quantitative estimate of drug-likeness (QED) is 0.845. The summed E-state index contributed by atoms with van der Waals surface area (Å²) in [4.78, 5) is 27.6. The molecule has 2 fully saturated rings. The van der Waals surface area contributed by atoms with Crippen molar-refractivity contribution >= 4 is 12.0 Å². The second-order valence-electron chi connectivity index (χ2n) is 6.58. The summed E-state index contributed by atoms with van der Waals surface area (Å²) in [6.07, 6.45) is 2.20. The fourth-order valence-corrected chi connectivity index (χ4v) is 3.29. The van der Waals surface area contributed by atoms with Crippen LogP contribution in [0.1, 0.15) is 40.0 Å². The van der Waals surface area contributed by atoms with Gasteiger partial charge in [0.05, 0.1) is 5.41 Å². The number of carboxylic acid groups (broad SMARTS) is 1. The van der Waals surface area contributed by atoms with Gasteiger partial charge in [-0.15, -0.1) is 0 Å². The molecule has 0 aliphatic carbocycles. The van der Waals surface area contributed by atoms with Crippen molar-refractivity contribution in [3.05, 3.63) is 0 Å². The van der Waals surface area contributed by atoms with Crippen LogP contribution in [0.25, 0.3) is 0 Å². The molecule has 2 aliphatic rings. The van der Waals surface area contributed by atoms with Crippen LogP contribution in [0.4, 0.5) is 4.79 Å². The van der Waals surface area contributed by atoms with Crippen LogP contribution in [0.15, 0.2) is 0 Å². The molecule has 1 N–H and O–H groups in total. The summed E-state index contributed by atoms with van der Waals surface area (Å²) in [5.74, 6) is 0.410. The average Bonchev–Trinajstić information content (AvgIpc) is 2.87. The number of nitrogens with zero attached hydrogens (tertiary/aromatic N) is 2. The lowest BCUT2D eigenvalue weighted by Crippen LogP contribution is -2.49. The Morgan fingerprint density at radius 3 is 2.40 bits per heavy atom. The molecular weight excluding hydrogens is 256 g/mol. The number of hydrogen-bond donors (Lipinski definition) is 1. The molecule has 0 bridgehead atoms. The van der Waals surface area contributed by atoms with Crippen LogP contribution in [0, 0.1) is 17.3 Å². The number of aliphatic carboxylic acids is 1. The topological polar surface area (TPSA) is 60.9 Å². The number of hydrogen-bond acceptors (Lipinski definition) is 2. The lowest BCUT2D eigenvalue weighted by atomic mass is 9.84. The first kappa shape index (κ1) is 15.1. The molecule has 2 aliphatic heterocycles. The van der Waals surface area contributed by atoms with E-state index in [2.05, 4.69) is 13.8 Å². The van der Waals surface area contributed by atoms with Gasteiger partial charge in [0.15, 0.2) is 0 Å². The average molecular weight is 282 g/mol. The highest BCUT2D eigenvalue weighted by Crippen LogP contribution is 2.35. The SMILES string of the molecule is CCC1(C(=O)O)CCN(C(=O)N2CCC(C)C(C)C2)C1. The Morgan fingerprint density at radius 1 is 1.20 bits per heavy atom. The summed E-state index contributed by atoms with van der Waals surface area (Å²) in [7, 11) is 0. The largest absolute Gasteiger partial charge is 0.481 e. The van der Waals surface area contributed by atoms with E-state index in [0.717, 1.165) is 19.5 Å². The maximum Gasteiger partial charge on any atom is 0.320 e. The molecule has 2 saturated heterocycles. The van der Waals surface area contributed by atoms with Crippen LogP contribution in [-0.2, 0) is 4.79 Å². The normalized spacial score (nSPS) is 34.4. The van der Waals surface area contributed by atoms with E-state index in [9.17, 15) is 14.7 Å². The zero-order valence-electron chi connectivity index (χ0n) is 12.8. The molecule has 0 aromatic heterocycles. The molecule has 20 heavy (non-hydrogen) atoms. The van der Waals surface area contributed by atoms with Crippen LogP contribution >= 0.6 is 0 Å². The standard InChI is InChI=1S/C15H26N2O3/c1-4-15(13(18)19)6-8-17(10-15)14(20)16-7-5-11(2)12(3)9-16/h11-12H,4-10H2,1-3H3,(H,18,19). The van der Waals surface area contributed by atoms with Crippen molar-refractivity contribution in [3.63, 3.8) is 0 Å². The zero-order chi connectivity index (χ0) is 14.9. The first-order chi connectivity index (χ1) is 9.39. The molecule has 114 valence electrons. The number of rotatable bonds is 2. The van der Waals surface area contributed by atoms with E-state index < -0.39 is 11.4 Å². The van der Waals surface area contributed by atoms with Gasteiger partial charge in [-0.2, -0.15) is 0 Å². The van der Waals surface area contributed by atoms with E-state index in [1.807, 2.05) is 11.8 Å². The van der Waals surface area contributed by atoms with Crippen molar-refractivity contribution in [2.75, 3.05) is 26.2 Å². The van der Waals surface area contributed by atoms with E-state index in [1.54, 1.807) is 4.90 Å². The van der Waals surface area contributed by atoms with Gasteiger partial charge < -0.3 is 14.9 Å². The van der Waals surface area contributed by atoms with Crippen LogP contribution in [0.2, 0.25) is 0 Å². The van der Waals surface area contributed by atoms with Gasteiger partial charge in [0.25, 0.3) is 0 Å². The monoisotopic (exact) mass is 282 g/mol. The first-order valence-corrected chi connectivity index (χ1v) is 7.67. The van der Waals surface area contributed by atoms with Crippen molar-refractivity contribution in [2.45, 2.75) is 40.0 Å². The predicted octanol–water partition coefficient (Wildman–Crippen LogP) is 2.27.